The van der Waals surface area contributed by atoms with E-state index in [0.717, 1.165) is 5.70 Å². The number of carboxylic acids is 1. The number of rotatable bonds is 7. The summed E-state index contributed by atoms with van der Waals surface area (Å²) in [6.07, 6.45) is -0.110. The Labute approximate surface area is 138 Å². The van der Waals surface area contributed by atoms with Crippen molar-refractivity contribution < 1.29 is 29.0 Å². The summed E-state index contributed by atoms with van der Waals surface area (Å²) in [6, 6.07) is 5.35. The largest absolute Gasteiger partial charge is 0.479 e. The van der Waals surface area contributed by atoms with Crippen LogP contribution in [0.3, 0.4) is 0 Å². The van der Waals surface area contributed by atoms with Crippen molar-refractivity contribution in [1.82, 2.24) is 5.32 Å². The quantitative estimate of drug-likeness (QED) is 0.649. The molecular weight excluding hydrogens is 317 g/mol. The van der Waals surface area contributed by atoms with E-state index in [1.165, 1.54) is 24.3 Å². The fourth-order valence-electron chi connectivity index (χ4n) is 2.48. The molecular formula is C17H18FNO5. The first-order valence-corrected chi connectivity index (χ1v) is 7.52. The molecule has 1 saturated heterocycles. The minimum atomic E-state index is -1.69. The summed E-state index contributed by atoms with van der Waals surface area (Å²) in [5.41, 5.74) is 1.17. The van der Waals surface area contributed by atoms with E-state index in [0.29, 0.717) is 18.5 Å². The second kappa shape index (κ2) is 7.83. The first-order chi connectivity index (χ1) is 11.4. The van der Waals surface area contributed by atoms with E-state index in [9.17, 15) is 18.8 Å². The van der Waals surface area contributed by atoms with Gasteiger partial charge in [0.05, 0.1) is 0 Å². The lowest BCUT2D eigenvalue weighted by Gasteiger charge is -2.06. The summed E-state index contributed by atoms with van der Waals surface area (Å²) >= 11 is 0. The van der Waals surface area contributed by atoms with E-state index in [2.05, 4.69) is 5.32 Å². The first kappa shape index (κ1) is 17.8. The number of aliphatic hydroxyl groups excluding tert-OH is 1. The van der Waals surface area contributed by atoms with Crippen molar-refractivity contribution in [2.24, 2.45) is 5.92 Å². The highest BCUT2D eigenvalue weighted by atomic mass is 19.1. The summed E-state index contributed by atoms with van der Waals surface area (Å²) in [5, 5.41) is 20.7. The second-order valence-electron chi connectivity index (χ2n) is 5.68. The monoisotopic (exact) mass is 335 g/mol. The molecule has 1 unspecified atom stereocenters. The van der Waals surface area contributed by atoms with Crippen LogP contribution in [0.25, 0.3) is 0 Å². The van der Waals surface area contributed by atoms with Gasteiger partial charge in [0, 0.05) is 36.6 Å². The predicted octanol–water partition coefficient (Wildman–Crippen LogP) is 1.30. The van der Waals surface area contributed by atoms with E-state index >= 15 is 0 Å². The third-order valence-electron chi connectivity index (χ3n) is 3.82. The van der Waals surface area contributed by atoms with Gasteiger partial charge in [0.25, 0.3) is 0 Å². The fourth-order valence-corrected chi connectivity index (χ4v) is 2.48. The summed E-state index contributed by atoms with van der Waals surface area (Å²) in [4.78, 5) is 34.4. The normalized spacial score (nSPS) is 19.8. The number of ketones is 2. The maximum atomic E-state index is 12.9. The Morgan fingerprint density at radius 2 is 1.96 bits per heavy atom. The Balaban J connectivity index is 1.88. The number of hydrogen-bond donors (Lipinski definition) is 3. The standard InChI is InChI=1S/C17H18FNO5/c18-12-3-1-10(2-4-12)16(22)11-7-13(19-9-11)5-6-14(20)8-15(21)17(23)24/h1-5,11,15,19,21H,6-9H2,(H,23,24)/b13-5+/t11?,15-/m1/s1. The third-order valence-corrected chi connectivity index (χ3v) is 3.82. The number of allylic oxidation sites excluding steroid dienone is 2. The number of nitrogens with one attached hydrogen (secondary N) is 1. The van der Waals surface area contributed by atoms with Gasteiger partial charge < -0.3 is 15.5 Å². The zero-order valence-corrected chi connectivity index (χ0v) is 12.9. The van der Waals surface area contributed by atoms with Gasteiger partial charge in [0.2, 0.25) is 0 Å². The van der Waals surface area contributed by atoms with Crippen LogP contribution in [0.4, 0.5) is 4.39 Å². The fraction of sp³-hybridized carbons (Fsp3) is 0.353. The molecule has 1 fully saturated rings. The topological polar surface area (TPSA) is 104 Å². The maximum Gasteiger partial charge on any atom is 0.332 e. The molecule has 2 atom stereocenters. The molecule has 0 aliphatic carbocycles. The zero-order valence-electron chi connectivity index (χ0n) is 12.9. The van der Waals surface area contributed by atoms with Crippen molar-refractivity contribution in [3.05, 3.63) is 47.4 Å². The molecule has 1 heterocycles. The molecule has 24 heavy (non-hydrogen) atoms. The van der Waals surface area contributed by atoms with Crippen LogP contribution in [0.1, 0.15) is 29.6 Å². The highest BCUT2D eigenvalue weighted by Gasteiger charge is 2.26. The Kier molecular flexibility index (Phi) is 5.81. The van der Waals surface area contributed by atoms with Crippen molar-refractivity contribution in [2.75, 3.05) is 6.54 Å². The average molecular weight is 335 g/mol. The zero-order chi connectivity index (χ0) is 17.7. The molecule has 0 aromatic heterocycles. The van der Waals surface area contributed by atoms with Crippen LogP contribution in [0, 0.1) is 11.7 Å². The predicted molar refractivity (Wildman–Crippen MR) is 82.8 cm³/mol. The van der Waals surface area contributed by atoms with Gasteiger partial charge in [-0.15, -0.1) is 0 Å². The van der Waals surface area contributed by atoms with Gasteiger partial charge in [0.1, 0.15) is 11.6 Å². The van der Waals surface area contributed by atoms with E-state index in [1.54, 1.807) is 6.08 Å². The van der Waals surface area contributed by atoms with E-state index in [4.69, 9.17) is 10.2 Å². The number of aliphatic hydroxyl groups is 1. The Morgan fingerprint density at radius 1 is 1.29 bits per heavy atom. The van der Waals surface area contributed by atoms with E-state index in [1.807, 2.05) is 0 Å². The van der Waals surface area contributed by atoms with Crippen LogP contribution in [-0.4, -0.2) is 40.4 Å². The first-order valence-electron chi connectivity index (χ1n) is 7.52. The van der Waals surface area contributed by atoms with Crippen LogP contribution >= 0.6 is 0 Å². The van der Waals surface area contributed by atoms with Crippen molar-refractivity contribution in [3.63, 3.8) is 0 Å². The number of aliphatic carboxylic acids is 1. The molecule has 0 amide bonds. The molecule has 0 radical (unpaired) electrons. The number of Topliss-reactive ketones (excluding diaryl/α,β-unsaturated/α-hetero) is 2. The number of carboxylic acid groups (broad SMARTS) is 1. The Bertz CT molecular complexity index is 668. The molecule has 0 spiro atoms. The number of benzene rings is 1. The van der Waals surface area contributed by atoms with Gasteiger partial charge in [-0.2, -0.15) is 0 Å². The SMILES string of the molecule is O=C(C/C=C1\CC(C(=O)c2ccc(F)cc2)CN1)C[C@@H](O)C(=O)O. The smallest absolute Gasteiger partial charge is 0.332 e. The molecule has 1 aliphatic rings. The van der Waals surface area contributed by atoms with Gasteiger partial charge in [-0.05, 0) is 30.7 Å². The highest BCUT2D eigenvalue weighted by molar-refractivity contribution is 5.98. The molecule has 2 rings (SSSR count). The van der Waals surface area contributed by atoms with Gasteiger partial charge in [0.15, 0.2) is 11.9 Å². The van der Waals surface area contributed by atoms with Crippen molar-refractivity contribution >= 4 is 17.5 Å². The van der Waals surface area contributed by atoms with Gasteiger partial charge in [-0.3, -0.25) is 9.59 Å². The lowest BCUT2D eigenvalue weighted by atomic mass is 9.96. The van der Waals surface area contributed by atoms with Crippen molar-refractivity contribution in [3.8, 4) is 0 Å². The minimum Gasteiger partial charge on any atom is -0.479 e. The van der Waals surface area contributed by atoms with Crippen LogP contribution in [0.2, 0.25) is 0 Å². The van der Waals surface area contributed by atoms with E-state index in [-0.39, 0.29) is 18.1 Å². The summed E-state index contributed by atoms with van der Waals surface area (Å²) in [7, 11) is 0. The van der Waals surface area contributed by atoms with Gasteiger partial charge in [-0.25, -0.2) is 9.18 Å². The molecule has 1 aromatic rings. The highest BCUT2D eigenvalue weighted by Crippen LogP contribution is 2.22. The number of halogens is 1. The number of hydrogen-bond acceptors (Lipinski definition) is 5. The van der Waals surface area contributed by atoms with Crippen LogP contribution < -0.4 is 5.32 Å². The van der Waals surface area contributed by atoms with Crippen LogP contribution in [0.15, 0.2) is 36.0 Å². The lowest BCUT2D eigenvalue weighted by Crippen LogP contribution is -2.22. The van der Waals surface area contributed by atoms with Crippen LogP contribution in [-0.2, 0) is 9.59 Å². The Morgan fingerprint density at radius 3 is 2.58 bits per heavy atom. The number of carbonyl (C=O) groups is 3. The molecule has 6 nitrogen and oxygen atoms in total. The van der Waals surface area contributed by atoms with Crippen molar-refractivity contribution in [2.45, 2.75) is 25.4 Å². The molecule has 0 saturated carbocycles. The molecule has 128 valence electrons. The van der Waals surface area contributed by atoms with Gasteiger partial charge in [-0.1, -0.05) is 6.08 Å². The second-order valence-corrected chi connectivity index (χ2v) is 5.68. The number of carbonyl (C=O) groups excluding carboxylic acids is 2. The minimum absolute atomic E-state index is 0.00979. The molecule has 1 aliphatic heterocycles. The summed E-state index contributed by atoms with van der Waals surface area (Å²) in [5.74, 6) is -2.62. The van der Waals surface area contributed by atoms with E-state index < -0.39 is 30.1 Å². The molecule has 0 bridgehead atoms. The van der Waals surface area contributed by atoms with Crippen molar-refractivity contribution in [1.29, 1.82) is 0 Å². The maximum absolute atomic E-state index is 12.9. The summed E-state index contributed by atoms with van der Waals surface area (Å²) in [6.45, 7) is 0.425. The average Bonchev–Trinajstić information content (AvgIpc) is 3.02. The summed E-state index contributed by atoms with van der Waals surface area (Å²) < 4.78 is 12.9. The Hall–Kier alpha value is -2.54. The van der Waals surface area contributed by atoms with Crippen LogP contribution in [0.5, 0.6) is 0 Å². The van der Waals surface area contributed by atoms with Gasteiger partial charge >= 0.3 is 5.97 Å². The molecule has 3 N–H and O–H groups in total. The third kappa shape index (κ3) is 4.73. The molecule has 1 aromatic carbocycles. The lowest BCUT2D eigenvalue weighted by molar-refractivity contribution is -0.148. The molecule has 7 heteroatoms.